The third-order valence-electron chi connectivity index (χ3n) is 5.16. The Balaban J connectivity index is 1.89. The first-order valence-electron chi connectivity index (χ1n) is 10.3. The van der Waals surface area contributed by atoms with Crippen LogP contribution in [0.3, 0.4) is 0 Å². The van der Waals surface area contributed by atoms with Crippen LogP contribution in [0.25, 0.3) is 6.08 Å². The minimum absolute atomic E-state index is 0.00777. The quantitative estimate of drug-likeness (QED) is 0.197. The van der Waals surface area contributed by atoms with Gasteiger partial charge >= 0.3 is 0 Å². The Bertz CT molecular complexity index is 1270. The molecule has 0 aromatic heterocycles. The minimum Gasteiger partial charge on any atom is -0.496 e. The number of nitrogens with zero attached hydrogens (tertiary/aromatic N) is 1. The Labute approximate surface area is 213 Å². The number of aryl methyl sites for hydroxylation is 3. The van der Waals surface area contributed by atoms with Gasteiger partial charge in [0.1, 0.15) is 17.4 Å². The topological polar surface area (TPSA) is 62.1 Å². The number of ether oxygens (including phenoxy) is 1. The van der Waals surface area contributed by atoms with Crippen LogP contribution in [0.5, 0.6) is 5.75 Å². The second-order valence-corrected chi connectivity index (χ2v) is 9.51. The summed E-state index contributed by atoms with van der Waals surface area (Å²) in [6.45, 7) is 6.06. The standard InChI is InChI=1S/C27H24ClIN2O2/c1-16-7-17(2)9-19(8-16)11-23-25(29)12-20(13-26(23)33-4)10-21(15-30)27(32)31-22-6-5-18(3)24(28)14-22/h5-10,12-14H,11H2,1-4H3,(H,31,32)/b21-10+. The zero-order valence-corrected chi connectivity index (χ0v) is 21.8. The lowest BCUT2D eigenvalue weighted by atomic mass is 9.98. The average Bonchev–Trinajstić information content (AvgIpc) is 2.75. The Hall–Kier alpha value is -2.82. The predicted molar refractivity (Wildman–Crippen MR) is 143 cm³/mol. The number of carbonyl (C=O) groups is 1. The molecule has 6 heteroatoms. The van der Waals surface area contributed by atoms with Gasteiger partial charge in [0.05, 0.1) is 7.11 Å². The first kappa shape index (κ1) is 24.8. The molecule has 0 atom stereocenters. The van der Waals surface area contributed by atoms with Crippen LogP contribution < -0.4 is 10.1 Å². The summed E-state index contributed by atoms with van der Waals surface area (Å²) >= 11 is 8.41. The highest BCUT2D eigenvalue weighted by atomic mass is 127. The molecule has 0 radical (unpaired) electrons. The average molecular weight is 571 g/mol. The fourth-order valence-electron chi connectivity index (χ4n) is 3.63. The van der Waals surface area contributed by atoms with Crippen LogP contribution >= 0.6 is 34.2 Å². The molecule has 0 saturated heterocycles. The summed E-state index contributed by atoms with van der Waals surface area (Å²) in [5, 5.41) is 12.9. The second-order valence-electron chi connectivity index (χ2n) is 7.94. The zero-order valence-electron chi connectivity index (χ0n) is 18.9. The number of halogens is 2. The third kappa shape index (κ3) is 6.37. The maximum absolute atomic E-state index is 12.7. The summed E-state index contributed by atoms with van der Waals surface area (Å²) in [5.41, 5.74) is 6.87. The molecule has 0 bridgehead atoms. The Morgan fingerprint density at radius 1 is 1.12 bits per heavy atom. The van der Waals surface area contributed by atoms with Crippen molar-refractivity contribution >= 4 is 51.9 Å². The Morgan fingerprint density at radius 2 is 1.82 bits per heavy atom. The lowest BCUT2D eigenvalue weighted by molar-refractivity contribution is -0.112. The van der Waals surface area contributed by atoms with Crippen LogP contribution in [0.2, 0.25) is 5.02 Å². The summed E-state index contributed by atoms with van der Waals surface area (Å²) in [5.74, 6) is 0.223. The highest BCUT2D eigenvalue weighted by Gasteiger charge is 2.14. The summed E-state index contributed by atoms with van der Waals surface area (Å²) in [6, 6.07) is 17.5. The van der Waals surface area contributed by atoms with Crippen molar-refractivity contribution in [3.05, 3.63) is 96.1 Å². The number of hydrogen-bond acceptors (Lipinski definition) is 3. The van der Waals surface area contributed by atoms with Crippen molar-refractivity contribution < 1.29 is 9.53 Å². The molecule has 3 aromatic rings. The van der Waals surface area contributed by atoms with Crippen LogP contribution in [0.1, 0.15) is 33.4 Å². The first-order valence-corrected chi connectivity index (χ1v) is 11.8. The van der Waals surface area contributed by atoms with Gasteiger partial charge in [-0.25, -0.2) is 0 Å². The number of rotatable bonds is 6. The molecule has 1 amide bonds. The number of methoxy groups -OCH3 is 1. The highest BCUT2D eigenvalue weighted by Crippen LogP contribution is 2.30. The Morgan fingerprint density at radius 3 is 2.42 bits per heavy atom. The van der Waals surface area contributed by atoms with Crippen LogP contribution in [0, 0.1) is 35.7 Å². The number of hydrogen-bond donors (Lipinski definition) is 1. The van der Waals surface area contributed by atoms with E-state index in [1.54, 1.807) is 25.3 Å². The summed E-state index contributed by atoms with van der Waals surface area (Å²) in [7, 11) is 1.63. The van der Waals surface area contributed by atoms with Gasteiger partial charge < -0.3 is 10.1 Å². The molecule has 0 aliphatic carbocycles. The molecule has 0 spiro atoms. The van der Waals surface area contributed by atoms with Gasteiger partial charge in [-0.1, -0.05) is 47.0 Å². The molecule has 3 rings (SSSR count). The van der Waals surface area contributed by atoms with Crippen molar-refractivity contribution in [2.24, 2.45) is 0 Å². The van der Waals surface area contributed by atoms with Crippen LogP contribution in [-0.2, 0) is 11.2 Å². The molecule has 168 valence electrons. The van der Waals surface area contributed by atoms with Crippen molar-refractivity contribution in [1.82, 2.24) is 0 Å². The molecule has 4 nitrogen and oxygen atoms in total. The van der Waals surface area contributed by atoms with Gasteiger partial charge in [0.25, 0.3) is 5.91 Å². The number of benzene rings is 3. The molecule has 0 fully saturated rings. The minimum atomic E-state index is -0.495. The van der Waals surface area contributed by atoms with E-state index < -0.39 is 5.91 Å². The van der Waals surface area contributed by atoms with Gasteiger partial charge in [0.2, 0.25) is 0 Å². The fraction of sp³-hybridized carbons (Fsp3) is 0.185. The van der Waals surface area contributed by atoms with E-state index in [0.29, 0.717) is 16.3 Å². The van der Waals surface area contributed by atoms with Crippen molar-refractivity contribution in [3.63, 3.8) is 0 Å². The van der Waals surface area contributed by atoms with Crippen molar-refractivity contribution in [2.45, 2.75) is 27.2 Å². The van der Waals surface area contributed by atoms with Crippen molar-refractivity contribution in [3.8, 4) is 11.8 Å². The van der Waals surface area contributed by atoms with Gasteiger partial charge in [-0.05, 0) is 90.4 Å². The van der Waals surface area contributed by atoms with E-state index in [4.69, 9.17) is 16.3 Å². The molecule has 0 heterocycles. The van der Waals surface area contributed by atoms with Gasteiger partial charge in [-0.2, -0.15) is 5.26 Å². The Kier molecular flexibility index (Phi) is 8.17. The molecule has 0 saturated carbocycles. The maximum Gasteiger partial charge on any atom is 0.266 e. The van der Waals surface area contributed by atoms with E-state index in [2.05, 4.69) is 60.0 Å². The lowest BCUT2D eigenvalue weighted by Crippen LogP contribution is -2.13. The number of anilines is 1. The molecule has 0 aliphatic rings. The van der Waals surface area contributed by atoms with Crippen molar-refractivity contribution in [2.75, 3.05) is 12.4 Å². The molecule has 33 heavy (non-hydrogen) atoms. The highest BCUT2D eigenvalue weighted by molar-refractivity contribution is 14.1. The van der Waals surface area contributed by atoms with Gasteiger partial charge in [-0.15, -0.1) is 0 Å². The molecular formula is C27H24ClIN2O2. The monoisotopic (exact) mass is 570 g/mol. The smallest absolute Gasteiger partial charge is 0.266 e. The molecular weight excluding hydrogens is 547 g/mol. The van der Waals surface area contributed by atoms with Crippen LogP contribution in [-0.4, -0.2) is 13.0 Å². The number of nitriles is 1. The maximum atomic E-state index is 12.7. The van der Waals surface area contributed by atoms with E-state index in [0.717, 1.165) is 26.9 Å². The summed E-state index contributed by atoms with van der Waals surface area (Å²) in [6.07, 6.45) is 2.30. The van der Waals surface area contributed by atoms with E-state index >= 15 is 0 Å². The van der Waals surface area contributed by atoms with Gasteiger partial charge in [0, 0.05) is 26.3 Å². The summed E-state index contributed by atoms with van der Waals surface area (Å²) in [4.78, 5) is 12.7. The zero-order chi connectivity index (χ0) is 24.1. The fourth-order valence-corrected chi connectivity index (χ4v) is 4.62. The first-order chi connectivity index (χ1) is 15.7. The van der Waals surface area contributed by atoms with Crippen molar-refractivity contribution in [1.29, 1.82) is 5.26 Å². The normalized spacial score (nSPS) is 11.1. The molecule has 3 aromatic carbocycles. The van der Waals surface area contributed by atoms with E-state index in [1.807, 2.05) is 31.2 Å². The van der Waals surface area contributed by atoms with E-state index in [9.17, 15) is 10.1 Å². The SMILES string of the molecule is COc1cc(/C=C(\C#N)C(=O)Nc2ccc(C)c(Cl)c2)cc(I)c1Cc1cc(C)cc(C)c1. The number of nitrogens with one attached hydrogen (secondary N) is 1. The van der Waals surface area contributed by atoms with E-state index in [-0.39, 0.29) is 5.57 Å². The number of carbonyl (C=O) groups excluding carboxylic acids is 1. The van der Waals surface area contributed by atoms with Crippen LogP contribution in [0.15, 0.2) is 54.1 Å². The predicted octanol–water partition coefficient (Wildman–Crippen LogP) is 7.01. The van der Waals surface area contributed by atoms with Crippen LogP contribution in [0.4, 0.5) is 5.69 Å². The third-order valence-corrected chi connectivity index (χ3v) is 6.53. The van der Waals surface area contributed by atoms with Gasteiger partial charge in [0.15, 0.2) is 0 Å². The lowest BCUT2D eigenvalue weighted by Gasteiger charge is -2.14. The number of amides is 1. The summed E-state index contributed by atoms with van der Waals surface area (Å²) < 4.78 is 6.66. The van der Waals surface area contributed by atoms with E-state index in [1.165, 1.54) is 16.7 Å². The molecule has 1 N–H and O–H groups in total. The molecule has 0 aliphatic heterocycles. The molecule has 0 unspecified atom stereocenters. The van der Waals surface area contributed by atoms with Gasteiger partial charge in [-0.3, -0.25) is 4.79 Å². The second kappa shape index (κ2) is 10.9. The largest absolute Gasteiger partial charge is 0.496 e.